The van der Waals surface area contributed by atoms with Crippen molar-refractivity contribution in [2.45, 2.75) is 31.3 Å². The number of likely N-dealkylation sites (tertiary alicyclic amines) is 1. The lowest BCUT2D eigenvalue weighted by molar-refractivity contribution is -0.120. The van der Waals surface area contributed by atoms with Gasteiger partial charge in [-0.15, -0.1) is 0 Å². The molecule has 3 aliphatic heterocycles. The number of amides is 3. The smallest absolute Gasteiger partial charge is 0.328 e. The Morgan fingerprint density at radius 1 is 0.909 bits per heavy atom. The fourth-order valence-electron chi connectivity index (χ4n) is 6.47. The van der Waals surface area contributed by atoms with Gasteiger partial charge in [0, 0.05) is 83.2 Å². The molecule has 1 aromatic heterocycles. The fourth-order valence-corrected chi connectivity index (χ4v) is 6.94. The Morgan fingerprint density at radius 2 is 1.61 bits per heavy atom. The maximum absolute atomic E-state index is 12.3. The molecule has 4 heterocycles. The Bertz CT molecular complexity index is 1550. The Kier molecular flexibility index (Phi) is 9.01. The van der Waals surface area contributed by atoms with Crippen LogP contribution in [0.2, 0.25) is 0 Å². The number of aryl methyl sites for hydroxylation is 1. The Balaban J connectivity index is 1.00. The molecule has 0 aliphatic carbocycles. The first-order valence-corrected chi connectivity index (χ1v) is 16.0. The van der Waals surface area contributed by atoms with Crippen molar-refractivity contribution in [3.63, 3.8) is 0 Å². The van der Waals surface area contributed by atoms with Gasteiger partial charge in [-0.25, -0.2) is 9.48 Å². The van der Waals surface area contributed by atoms with Gasteiger partial charge >= 0.3 is 6.03 Å². The summed E-state index contributed by atoms with van der Waals surface area (Å²) in [5, 5.41) is 10.1. The van der Waals surface area contributed by atoms with Crippen molar-refractivity contribution in [3.8, 4) is 0 Å². The van der Waals surface area contributed by atoms with Crippen molar-refractivity contribution in [2.24, 2.45) is 7.05 Å². The fraction of sp³-hybridized carbons (Fsp3) is 0.438. The van der Waals surface area contributed by atoms with Crippen LogP contribution in [0.1, 0.15) is 29.9 Å². The average Bonchev–Trinajstić information content (AvgIpc) is 3.02. The normalized spacial score (nSPS) is 21.8. The topological polar surface area (TPSA) is 106 Å². The molecule has 2 N–H and O–H groups in total. The van der Waals surface area contributed by atoms with E-state index in [0.29, 0.717) is 23.4 Å². The molecule has 3 fully saturated rings. The monoisotopic (exact) mass is 662 g/mol. The molecule has 3 amide bonds. The van der Waals surface area contributed by atoms with Crippen molar-refractivity contribution in [1.82, 2.24) is 24.9 Å². The second-order valence-corrected chi connectivity index (χ2v) is 12.9. The summed E-state index contributed by atoms with van der Waals surface area (Å²) >= 11 is 3.44. The van der Waals surface area contributed by atoms with Gasteiger partial charge in [0.25, 0.3) is 5.56 Å². The predicted octanol–water partition coefficient (Wildman–Crippen LogP) is 3.21. The van der Waals surface area contributed by atoms with E-state index in [1.807, 2.05) is 12.1 Å². The summed E-state index contributed by atoms with van der Waals surface area (Å²) in [6, 6.07) is 17.0. The highest BCUT2D eigenvalue weighted by Gasteiger charge is 2.28. The van der Waals surface area contributed by atoms with Crippen LogP contribution in [-0.4, -0.2) is 90.4 Å². The number of halogens is 1. The maximum Gasteiger partial charge on any atom is 0.328 e. The molecule has 6 rings (SSSR count). The zero-order chi connectivity index (χ0) is 30.8. The van der Waals surface area contributed by atoms with Gasteiger partial charge in [-0.1, -0.05) is 24.3 Å². The van der Waals surface area contributed by atoms with E-state index in [0.717, 1.165) is 69.3 Å². The quantitative estimate of drug-likeness (QED) is 0.398. The average molecular weight is 664 g/mol. The number of piperazine rings is 1. The van der Waals surface area contributed by atoms with Gasteiger partial charge in [0.1, 0.15) is 4.47 Å². The molecule has 3 saturated heterocycles. The van der Waals surface area contributed by atoms with Crippen LogP contribution >= 0.6 is 15.9 Å². The van der Waals surface area contributed by atoms with Crippen LogP contribution in [0.5, 0.6) is 0 Å². The van der Waals surface area contributed by atoms with E-state index >= 15 is 0 Å². The first kappa shape index (κ1) is 30.3. The predicted molar refractivity (Wildman–Crippen MR) is 175 cm³/mol. The van der Waals surface area contributed by atoms with E-state index in [1.54, 1.807) is 18.1 Å². The number of imide groups is 1. The van der Waals surface area contributed by atoms with Crippen molar-refractivity contribution in [3.05, 3.63) is 80.7 Å². The van der Waals surface area contributed by atoms with Gasteiger partial charge in [-0.2, -0.15) is 5.10 Å². The standard InChI is InChI=1S/C32H39BrN8O3/c1-37-20-24(17-25(21-37)35-28-18-34-38(2)31(43)30(28)33)23-5-3-22(4-6-23)19-39-13-15-40(16-14-39)26-7-9-27(10-8-26)41-12-11-29(42)36-32(41)44/h3-10,18,24-25,35H,11-17,19-21H2,1-2H3,(H,36,42,44). The van der Waals surface area contributed by atoms with Crippen molar-refractivity contribution < 1.29 is 9.59 Å². The minimum Gasteiger partial charge on any atom is -0.379 e. The van der Waals surface area contributed by atoms with Crippen LogP contribution in [0, 0.1) is 0 Å². The molecule has 44 heavy (non-hydrogen) atoms. The third kappa shape index (κ3) is 6.82. The molecule has 0 saturated carbocycles. The van der Waals surface area contributed by atoms with Crippen LogP contribution in [0.3, 0.4) is 0 Å². The molecular weight excluding hydrogens is 624 g/mol. The van der Waals surface area contributed by atoms with Gasteiger partial charge in [0.2, 0.25) is 5.91 Å². The molecule has 12 heteroatoms. The van der Waals surface area contributed by atoms with E-state index in [9.17, 15) is 14.4 Å². The van der Waals surface area contributed by atoms with Gasteiger partial charge in [0.05, 0.1) is 11.9 Å². The molecule has 2 atom stereocenters. The minimum absolute atomic E-state index is 0.147. The van der Waals surface area contributed by atoms with Crippen LogP contribution in [0.15, 0.2) is 64.0 Å². The van der Waals surface area contributed by atoms with E-state index in [4.69, 9.17) is 0 Å². The first-order valence-electron chi connectivity index (χ1n) is 15.2. The number of benzene rings is 2. The van der Waals surface area contributed by atoms with Crippen LogP contribution in [0.4, 0.5) is 21.9 Å². The Hall–Kier alpha value is -3.74. The van der Waals surface area contributed by atoms with Crippen molar-refractivity contribution in [1.29, 1.82) is 0 Å². The number of likely N-dealkylation sites (N-methyl/N-ethyl adjacent to an activating group) is 1. The lowest BCUT2D eigenvalue weighted by Gasteiger charge is -2.37. The zero-order valence-corrected chi connectivity index (χ0v) is 26.8. The Labute approximate surface area is 265 Å². The second kappa shape index (κ2) is 13.1. The lowest BCUT2D eigenvalue weighted by atomic mass is 9.87. The minimum atomic E-state index is -0.355. The molecule has 3 aliphatic rings. The number of aromatic nitrogens is 2. The number of urea groups is 1. The summed E-state index contributed by atoms with van der Waals surface area (Å²) in [5.41, 5.74) is 5.21. The number of piperidine rings is 1. The van der Waals surface area contributed by atoms with Crippen molar-refractivity contribution >= 4 is 44.9 Å². The SMILES string of the molecule is CN1CC(Nc2cnn(C)c(=O)c2Br)CC(c2ccc(CN3CCN(c4ccc(N5CCC(=O)NC5=O)cc4)CC3)cc2)C1. The van der Waals surface area contributed by atoms with Crippen LogP contribution in [-0.2, 0) is 18.4 Å². The number of carbonyl (C=O) groups is 2. The van der Waals surface area contributed by atoms with Crippen LogP contribution < -0.4 is 26.0 Å². The number of nitrogens with one attached hydrogen (secondary N) is 2. The Morgan fingerprint density at radius 3 is 2.32 bits per heavy atom. The second-order valence-electron chi connectivity index (χ2n) is 12.1. The maximum atomic E-state index is 12.3. The third-order valence-corrected chi connectivity index (χ3v) is 9.65. The zero-order valence-electron chi connectivity index (χ0n) is 25.2. The van der Waals surface area contributed by atoms with Crippen LogP contribution in [0.25, 0.3) is 0 Å². The van der Waals surface area contributed by atoms with Gasteiger partial charge < -0.3 is 15.1 Å². The highest BCUT2D eigenvalue weighted by Crippen LogP contribution is 2.30. The summed E-state index contributed by atoms with van der Waals surface area (Å²) in [5.74, 6) is 0.182. The summed E-state index contributed by atoms with van der Waals surface area (Å²) in [4.78, 5) is 44.7. The lowest BCUT2D eigenvalue weighted by Crippen LogP contribution is -2.49. The summed E-state index contributed by atoms with van der Waals surface area (Å²) in [6.45, 7) is 7.09. The summed E-state index contributed by atoms with van der Waals surface area (Å²) in [6.07, 6.45) is 3.02. The van der Waals surface area contributed by atoms with Gasteiger partial charge in [-0.3, -0.25) is 24.7 Å². The molecule has 0 bridgehead atoms. The first-order chi connectivity index (χ1) is 21.2. The van der Waals surface area contributed by atoms with Crippen molar-refractivity contribution in [2.75, 3.05) is 68.0 Å². The molecule has 0 radical (unpaired) electrons. The molecule has 2 aromatic carbocycles. The summed E-state index contributed by atoms with van der Waals surface area (Å²) in [7, 11) is 3.80. The molecule has 2 unspecified atom stereocenters. The number of rotatable bonds is 7. The molecular formula is C32H39BrN8O3. The van der Waals surface area contributed by atoms with Gasteiger partial charge in [0.15, 0.2) is 0 Å². The van der Waals surface area contributed by atoms with E-state index in [-0.39, 0.29) is 23.5 Å². The molecule has 11 nitrogen and oxygen atoms in total. The van der Waals surface area contributed by atoms with E-state index < -0.39 is 0 Å². The highest BCUT2D eigenvalue weighted by atomic mass is 79.9. The summed E-state index contributed by atoms with van der Waals surface area (Å²) < 4.78 is 1.85. The van der Waals surface area contributed by atoms with E-state index in [2.05, 4.69) is 89.8 Å². The number of nitrogens with zero attached hydrogens (tertiary/aromatic N) is 6. The van der Waals surface area contributed by atoms with Gasteiger partial charge in [-0.05, 0) is 70.7 Å². The third-order valence-electron chi connectivity index (χ3n) is 8.88. The number of carbonyl (C=O) groups excluding carboxylic acids is 2. The number of anilines is 3. The number of hydrogen-bond donors (Lipinski definition) is 2. The largest absolute Gasteiger partial charge is 0.379 e. The number of hydrogen-bond acceptors (Lipinski definition) is 8. The molecule has 3 aromatic rings. The van der Waals surface area contributed by atoms with E-state index in [1.165, 1.54) is 15.8 Å². The molecule has 0 spiro atoms. The molecule has 232 valence electrons. The highest BCUT2D eigenvalue weighted by molar-refractivity contribution is 9.10.